The first-order valence-electron chi connectivity index (χ1n) is 16.3. The molecule has 0 N–H and O–H groups in total. The van der Waals surface area contributed by atoms with E-state index in [1.165, 1.54) is 86.5 Å². The molecule has 2 heterocycles. The highest BCUT2D eigenvalue weighted by molar-refractivity contribution is 5.82. The van der Waals surface area contributed by atoms with E-state index in [4.69, 9.17) is 18.8 Å². The molecule has 2 atom stereocenters. The van der Waals surface area contributed by atoms with Gasteiger partial charge in [0.05, 0.1) is 0 Å². The van der Waals surface area contributed by atoms with Crippen molar-refractivity contribution in [3.8, 4) is 22.9 Å². The second kappa shape index (κ2) is 13.7. The molecule has 2 unspecified atom stereocenters. The van der Waals surface area contributed by atoms with Gasteiger partial charge in [-0.25, -0.2) is 9.97 Å². The van der Waals surface area contributed by atoms with Crippen LogP contribution in [0.25, 0.3) is 45.1 Å². The molecule has 4 nitrogen and oxygen atoms in total. The lowest BCUT2D eigenvalue weighted by Gasteiger charge is -2.12. The molecule has 0 amide bonds. The van der Waals surface area contributed by atoms with Crippen LogP contribution in [0.4, 0.5) is 0 Å². The van der Waals surface area contributed by atoms with Crippen LogP contribution in [0.5, 0.6) is 0 Å². The summed E-state index contributed by atoms with van der Waals surface area (Å²) in [7, 11) is 0. The average molecular weight is 565 g/mol. The number of fused-ring (bicyclic) bond motifs is 2. The predicted molar refractivity (Wildman–Crippen MR) is 176 cm³/mol. The summed E-state index contributed by atoms with van der Waals surface area (Å²) in [6.45, 7) is 13.5. The minimum atomic E-state index is 0.444. The molecule has 0 saturated heterocycles. The molecular weight excluding hydrogens is 516 g/mol. The summed E-state index contributed by atoms with van der Waals surface area (Å²) in [6, 6.07) is 17.1. The molecule has 0 radical (unpaired) electrons. The van der Waals surface area contributed by atoms with Crippen LogP contribution in [-0.2, 0) is 0 Å². The summed E-state index contributed by atoms with van der Waals surface area (Å²) >= 11 is 0. The number of rotatable bonds is 14. The molecule has 0 aliphatic rings. The molecule has 5 aromatic rings. The van der Waals surface area contributed by atoms with Gasteiger partial charge >= 0.3 is 0 Å². The van der Waals surface area contributed by atoms with Crippen molar-refractivity contribution >= 4 is 22.2 Å². The first-order valence-corrected chi connectivity index (χ1v) is 16.3. The number of benzene rings is 3. The summed E-state index contributed by atoms with van der Waals surface area (Å²) in [4.78, 5) is 9.81. The maximum Gasteiger partial charge on any atom is 0.227 e. The normalized spacial score (nSPS) is 13.3. The number of oxazole rings is 2. The second-order valence-corrected chi connectivity index (χ2v) is 12.5. The van der Waals surface area contributed by atoms with Crippen LogP contribution in [0.15, 0.2) is 57.4 Å². The van der Waals surface area contributed by atoms with Gasteiger partial charge in [0.25, 0.3) is 0 Å². The Morgan fingerprint density at radius 1 is 0.571 bits per heavy atom. The van der Waals surface area contributed by atoms with Crippen LogP contribution in [0, 0.1) is 13.8 Å². The SMILES string of the molecule is CCCCCCC(C)c1cc(C)cc2nc(-c3ccc(-c4nc5cc(C)cc(C(C)CCCCCC)c5o4)cc3)oc12. The predicted octanol–water partition coefficient (Wildman–Crippen LogP) is 12.1. The maximum absolute atomic E-state index is 6.43. The van der Waals surface area contributed by atoms with Crippen molar-refractivity contribution in [2.45, 2.75) is 118 Å². The lowest BCUT2D eigenvalue weighted by atomic mass is 9.93. The van der Waals surface area contributed by atoms with E-state index in [1.807, 2.05) is 0 Å². The van der Waals surface area contributed by atoms with E-state index in [9.17, 15) is 0 Å². The van der Waals surface area contributed by atoms with Crippen molar-refractivity contribution in [1.82, 2.24) is 9.97 Å². The van der Waals surface area contributed by atoms with Crippen LogP contribution in [0.3, 0.4) is 0 Å². The molecule has 0 spiro atoms. The smallest absolute Gasteiger partial charge is 0.227 e. The van der Waals surface area contributed by atoms with Gasteiger partial charge < -0.3 is 8.83 Å². The van der Waals surface area contributed by atoms with Crippen molar-refractivity contribution in [2.75, 3.05) is 0 Å². The van der Waals surface area contributed by atoms with E-state index in [-0.39, 0.29) is 0 Å². The van der Waals surface area contributed by atoms with Crippen molar-refractivity contribution < 1.29 is 8.83 Å². The molecule has 222 valence electrons. The van der Waals surface area contributed by atoms with E-state index in [0.717, 1.165) is 33.3 Å². The third kappa shape index (κ3) is 6.80. The zero-order valence-electron chi connectivity index (χ0n) is 26.6. The van der Waals surface area contributed by atoms with E-state index in [0.29, 0.717) is 23.6 Å². The van der Waals surface area contributed by atoms with Crippen LogP contribution in [0.2, 0.25) is 0 Å². The standard InChI is InChI=1S/C38H48N2O2/c1-7-9-11-13-15-27(5)31-21-25(3)23-33-35(31)41-37(39-33)29-17-19-30(20-18-29)38-40-34-24-26(4)22-32(36(34)42-38)28(6)16-14-12-10-8-2/h17-24,27-28H,7-16H2,1-6H3. The Kier molecular flexibility index (Phi) is 9.82. The lowest BCUT2D eigenvalue weighted by Crippen LogP contribution is -1.95. The van der Waals surface area contributed by atoms with Gasteiger partial charge in [0.1, 0.15) is 11.0 Å². The van der Waals surface area contributed by atoms with Crippen molar-refractivity contribution in [1.29, 1.82) is 0 Å². The van der Waals surface area contributed by atoms with Gasteiger partial charge in [0, 0.05) is 22.3 Å². The molecule has 0 aliphatic carbocycles. The summed E-state index contributed by atoms with van der Waals surface area (Å²) < 4.78 is 12.9. The van der Waals surface area contributed by atoms with Gasteiger partial charge in [-0.1, -0.05) is 91.2 Å². The van der Waals surface area contributed by atoms with Gasteiger partial charge in [-0.15, -0.1) is 0 Å². The maximum atomic E-state index is 6.43. The fraction of sp³-hybridized carbons (Fsp3) is 0.474. The van der Waals surface area contributed by atoms with Gasteiger partial charge in [0.2, 0.25) is 11.8 Å². The topological polar surface area (TPSA) is 52.1 Å². The van der Waals surface area contributed by atoms with Crippen LogP contribution in [-0.4, -0.2) is 9.97 Å². The van der Waals surface area contributed by atoms with Gasteiger partial charge in [0.15, 0.2) is 11.2 Å². The second-order valence-electron chi connectivity index (χ2n) is 12.5. The Labute approximate surface area is 252 Å². The van der Waals surface area contributed by atoms with Crippen molar-refractivity contribution in [2.24, 2.45) is 0 Å². The molecule has 3 aromatic carbocycles. The van der Waals surface area contributed by atoms with Crippen LogP contribution < -0.4 is 0 Å². The van der Waals surface area contributed by atoms with Crippen LogP contribution in [0.1, 0.15) is 126 Å². The molecule has 0 saturated carbocycles. The fourth-order valence-electron chi connectivity index (χ4n) is 6.21. The number of aromatic nitrogens is 2. The van der Waals surface area contributed by atoms with Gasteiger partial charge in [-0.05, 0) is 86.1 Å². The van der Waals surface area contributed by atoms with Gasteiger partial charge in [-0.2, -0.15) is 0 Å². The highest BCUT2D eigenvalue weighted by Gasteiger charge is 2.19. The van der Waals surface area contributed by atoms with Gasteiger partial charge in [-0.3, -0.25) is 0 Å². The first kappa shape index (κ1) is 30.1. The third-order valence-electron chi connectivity index (χ3n) is 8.75. The Morgan fingerprint density at radius 3 is 1.36 bits per heavy atom. The molecular formula is C38H48N2O2. The fourth-order valence-corrected chi connectivity index (χ4v) is 6.21. The minimum Gasteiger partial charge on any atom is -0.436 e. The Balaban J connectivity index is 1.38. The van der Waals surface area contributed by atoms with E-state index >= 15 is 0 Å². The number of nitrogens with zero attached hydrogens (tertiary/aromatic N) is 2. The number of hydrogen-bond acceptors (Lipinski definition) is 4. The molecule has 0 bridgehead atoms. The zero-order chi connectivity index (χ0) is 29.6. The quantitative estimate of drug-likeness (QED) is 0.126. The highest BCUT2D eigenvalue weighted by atomic mass is 16.4. The molecule has 42 heavy (non-hydrogen) atoms. The minimum absolute atomic E-state index is 0.444. The Hall–Kier alpha value is -3.40. The third-order valence-corrected chi connectivity index (χ3v) is 8.75. The molecule has 0 aliphatic heterocycles. The largest absolute Gasteiger partial charge is 0.436 e. The van der Waals surface area contributed by atoms with Crippen molar-refractivity contribution in [3.63, 3.8) is 0 Å². The number of unbranched alkanes of at least 4 members (excludes halogenated alkanes) is 6. The van der Waals surface area contributed by atoms with Crippen molar-refractivity contribution in [3.05, 3.63) is 70.8 Å². The highest BCUT2D eigenvalue weighted by Crippen LogP contribution is 2.36. The van der Waals surface area contributed by atoms with E-state index < -0.39 is 0 Å². The number of hydrogen-bond donors (Lipinski definition) is 0. The van der Waals surface area contributed by atoms with Crippen LogP contribution >= 0.6 is 0 Å². The lowest BCUT2D eigenvalue weighted by molar-refractivity contribution is 0.566. The Bertz CT molecular complexity index is 1490. The summed E-state index contributed by atoms with van der Waals surface area (Å²) in [5, 5.41) is 0. The number of aryl methyl sites for hydroxylation is 2. The summed E-state index contributed by atoms with van der Waals surface area (Å²) in [5.74, 6) is 2.21. The zero-order valence-corrected chi connectivity index (χ0v) is 26.6. The molecule has 5 rings (SSSR count). The molecule has 2 aromatic heterocycles. The first-order chi connectivity index (χ1) is 20.4. The molecule has 4 heteroatoms. The molecule has 0 fully saturated rings. The average Bonchev–Trinajstić information content (AvgIpc) is 3.61. The summed E-state index contributed by atoms with van der Waals surface area (Å²) in [5.41, 5.74) is 10.7. The monoisotopic (exact) mass is 564 g/mol. The summed E-state index contributed by atoms with van der Waals surface area (Å²) in [6.07, 6.45) is 12.6. The Morgan fingerprint density at radius 2 is 0.976 bits per heavy atom. The van der Waals surface area contributed by atoms with E-state index in [2.05, 4.69) is 90.1 Å². The van der Waals surface area contributed by atoms with E-state index in [1.54, 1.807) is 0 Å².